The molecule has 0 saturated heterocycles. The molecule has 0 heterocycles. The summed E-state index contributed by atoms with van der Waals surface area (Å²) in [5, 5.41) is 6.55. The number of anilines is 1. The van der Waals surface area contributed by atoms with Gasteiger partial charge in [-0.2, -0.15) is 0 Å². The van der Waals surface area contributed by atoms with Gasteiger partial charge in [0.25, 0.3) is 0 Å². The van der Waals surface area contributed by atoms with Crippen LogP contribution in [-0.2, 0) is 0 Å². The quantitative estimate of drug-likeness (QED) is 0.750. The Labute approximate surface area is 98.2 Å². The molecule has 0 saturated carbocycles. The SMILES string of the molecule is CNCCNc1cc(C)c(OC)c(C)c1C. The molecule has 1 aromatic carbocycles. The van der Waals surface area contributed by atoms with Crippen molar-refractivity contribution in [3.63, 3.8) is 0 Å². The van der Waals surface area contributed by atoms with Crippen LogP contribution in [0.3, 0.4) is 0 Å². The van der Waals surface area contributed by atoms with Crippen molar-refractivity contribution in [1.29, 1.82) is 0 Å². The molecule has 0 radical (unpaired) electrons. The van der Waals surface area contributed by atoms with Crippen LogP contribution < -0.4 is 15.4 Å². The highest BCUT2D eigenvalue weighted by molar-refractivity contribution is 5.61. The normalized spacial score (nSPS) is 10.3. The minimum Gasteiger partial charge on any atom is -0.496 e. The van der Waals surface area contributed by atoms with Crippen LogP contribution >= 0.6 is 0 Å². The van der Waals surface area contributed by atoms with E-state index in [2.05, 4.69) is 37.5 Å². The first-order valence-corrected chi connectivity index (χ1v) is 5.65. The Kier molecular flexibility index (Phi) is 4.62. The molecular weight excluding hydrogens is 200 g/mol. The van der Waals surface area contributed by atoms with Crippen LogP contribution in [-0.4, -0.2) is 27.2 Å². The molecule has 16 heavy (non-hydrogen) atoms. The van der Waals surface area contributed by atoms with Crippen molar-refractivity contribution in [3.05, 3.63) is 22.8 Å². The summed E-state index contributed by atoms with van der Waals surface area (Å²) >= 11 is 0. The average molecular weight is 222 g/mol. The topological polar surface area (TPSA) is 33.3 Å². The largest absolute Gasteiger partial charge is 0.496 e. The van der Waals surface area contributed by atoms with Gasteiger partial charge < -0.3 is 15.4 Å². The standard InChI is InChI=1S/C13H22N2O/c1-9-8-12(15-7-6-14-4)10(2)11(3)13(9)16-5/h8,14-15H,6-7H2,1-5H3. The fourth-order valence-electron chi connectivity index (χ4n) is 1.88. The summed E-state index contributed by atoms with van der Waals surface area (Å²) in [6, 6.07) is 2.15. The molecule has 0 bridgehead atoms. The Morgan fingerprint density at radius 1 is 1.12 bits per heavy atom. The van der Waals surface area contributed by atoms with Gasteiger partial charge in [0, 0.05) is 18.8 Å². The molecule has 0 atom stereocenters. The lowest BCUT2D eigenvalue weighted by Crippen LogP contribution is -2.18. The lowest BCUT2D eigenvalue weighted by Gasteiger charge is -2.16. The molecule has 0 aliphatic heterocycles. The Hall–Kier alpha value is -1.22. The summed E-state index contributed by atoms with van der Waals surface area (Å²) in [4.78, 5) is 0. The summed E-state index contributed by atoms with van der Waals surface area (Å²) < 4.78 is 5.40. The average Bonchev–Trinajstić information content (AvgIpc) is 2.26. The first-order valence-electron chi connectivity index (χ1n) is 5.65. The molecule has 90 valence electrons. The highest BCUT2D eigenvalue weighted by atomic mass is 16.5. The fraction of sp³-hybridized carbons (Fsp3) is 0.538. The Morgan fingerprint density at radius 2 is 1.81 bits per heavy atom. The monoisotopic (exact) mass is 222 g/mol. The number of methoxy groups -OCH3 is 1. The predicted molar refractivity (Wildman–Crippen MR) is 69.6 cm³/mol. The second kappa shape index (κ2) is 5.75. The van der Waals surface area contributed by atoms with Crippen LogP contribution in [0.25, 0.3) is 0 Å². The zero-order valence-corrected chi connectivity index (χ0v) is 10.9. The summed E-state index contributed by atoms with van der Waals surface area (Å²) in [6.07, 6.45) is 0. The van der Waals surface area contributed by atoms with Crippen LogP contribution in [0.15, 0.2) is 6.07 Å². The van der Waals surface area contributed by atoms with Crippen LogP contribution in [0.2, 0.25) is 0 Å². The molecule has 2 N–H and O–H groups in total. The van der Waals surface area contributed by atoms with Crippen molar-refractivity contribution < 1.29 is 4.74 Å². The minimum absolute atomic E-state index is 0.933. The van der Waals surface area contributed by atoms with Crippen molar-refractivity contribution >= 4 is 5.69 Å². The van der Waals surface area contributed by atoms with Crippen LogP contribution in [0.1, 0.15) is 16.7 Å². The van der Waals surface area contributed by atoms with E-state index in [9.17, 15) is 0 Å². The third kappa shape index (κ3) is 2.67. The lowest BCUT2D eigenvalue weighted by molar-refractivity contribution is 0.408. The smallest absolute Gasteiger partial charge is 0.125 e. The van der Waals surface area contributed by atoms with Crippen LogP contribution in [0, 0.1) is 20.8 Å². The van der Waals surface area contributed by atoms with Crippen molar-refractivity contribution in [3.8, 4) is 5.75 Å². The fourth-order valence-corrected chi connectivity index (χ4v) is 1.88. The maximum Gasteiger partial charge on any atom is 0.125 e. The molecular formula is C13H22N2O. The molecule has 3 heteroatoms. The molecule has 3 nitrogen and oxygen atoms in total. The molecule has 0 unspecified atom stereocenters. The number of benzene rings is 1. The van der Waals surface area contributed by atoms with E-state index in [1.807, 2.05) is 7.05 Å². The van der Waals surface area contributed by atoms with E-state index in [1.54, 1.807) is 7.11 Å². The molecule has 0 spiro atoms. The first-order chi connectivity index (χ1) is 7.61. The van der Waals surface area contributed by atoms with E-state index < -0.39 is 0 Å². The zero-order chi connectivity index (χ0) is 12.1. The third-order valence-electron chi connectivity index (χ3n) is 2.92. The van der Waals surface area contributed by atoms with Gasteiger partial charge in [0.2, 0.25) is 0 Å². The van der Waals surface area contributed by atoms with Crippen molar-refractivity contribution in [2.24, 2.45) is 0 Å². The van der Waals surface area contributed by atoms with E-state index in [-0.39, 0.29) is 0 Å². The first kappa shape index (κ1) is 12.8. The number of hydrogen-bond acceptors (Lipinski definition) is 3. The molecule has 1 aromatic rings. The van der Waals surface area contributed by atoms with E-state index in [4.69, 9.17) is 4.74 Å². The van der Waals surface area contributed by atoms with Gasteiger partial charge in [-0.1, -0.05) is 0 Å². The highest BCUT2D eigenvalue weighted by Gasteiger charge is 2.09. The molecule has 0 fully saturated rings. The Morgan fingerprint density at radius 3 is 2.38 bits per heavy atom. The van der Waals surface area contributed by atoms with E-state index >= 15 is 0 Å². The van der Waals surface area contributed by atoms with Crippen molar-refractivity contribution in [2.45, 2.75) is 20.8 Å². The molecule has 0 aromatic heterocycles. The second-order valence-corrected chi connectivity index (χ2v) is 4.05. The number of likely N-dealkylation sites (N-methyl/N-ethyl adjacent to an activating group) is 1. The summed E-state index contributed by atoms with van der Waals surface area (Å²) in [5.41, 5.74) is 4.86. The molecule has 1 rings (SSSR count). The predicted octanol–water partition coefficient (Wildman–Crippen LogP) is 2.25. The van der Waals surface area contributed by atoms with Gasteiger partial charge in [-0.25, -0.2) is 0 Å². The van der Waals surface area contributed by atoms with Gasteiger partial charge in [-0.05, 0) is 50.6 Å². The van der Waals surface area contributed by atoms with E-state index in [0.29, 0.717) is 0 Å². The second-order valence-electron chi connectivity index (χ2n) is 4.05. The van der Waals surface area contributed by atoms with Crippen LogP contribution in [0.4, 0.5) is 5.69 Å². The van der Waals surface area contributed by atoms with Crippen molar-refractivity contribution in [1.82, 2.24) is 5.32 Å². The number of nitrogens with one attached hydrogen (secondary N) is 2. The van der Waals surface area contributed by atoms with E-state index in [1.165, 1.54) is 22.4 Å². The number of ether oxygens (including phenoxy) is 1. The Bertz CT molecular complexity index is 361. The maximum atomic E-state index is 5.40. The van der Waals surface area contributed by atoms with Crippen molar-refractivity contribution in [2.75, 3.05) is 32.6 Å². The van der Waals surface area contributed by atoms with Gasteiger partial charge in [0.05, 0.1) is 7.11 Å². The highest BCUT2D eigenvalue weighted by Crippen LogP contribution is 2.31. The van der Waals surface area contributed by atoms with Gasteiger partial charge in [0.1, 0.15) is 5.75 Å². The number of hydrogen-bond donors (Lipinski definition) is 2. The zero-order valence-electron chi connectivity index (χ0n) is 10.9. The summed E-state index contributed by atoms with van der Waals surface area (Å²) in [7, 11) is 3.68. The Balaban J connectivity index is 2.94. The number of aryl methyl sites for hydroxylation is 1. The van der Waals surface area contributed by atoms with Gasteiger partial charge in [-0.15, -0.1) is 0 Å². The van der Waals surface area contributed by atoms with E-state index in [0.717, 1.165) is 18.8 Å². The molecule has 0 aliphatic carbocycles. The number of rotatable bonds is 5. The summed E-state index contributed by atoms with van der Waals surface area (Å²) in [5.74, 6) is 0.997. The summed E-state index contributed by atoms with van der Waals surface area (Å²) in [6.45, 7) is 8.20. The minimum atomic E-state index is 0.933. The molecule has 0 aliphatic rings. The molecule has 0 amide bonds. The van der Waals surface area contributed by atoms with Crippen LogP contribution in [0.5, 0.6) is 5.75 Å². The van der Waals surface area contributed by atoms with Gasteiger partial charge >= 0.3 is 0 Å². The maximum absolute atomic E-state index is 5.40. The lowest BCUT2D eigenvalue weighted by atomic mass is 10.0. The van der Waals surface area contributed by atoms with Gasteiger partial charge in [-0.3, -0.25) is 0 Å². The van der Waals surface area contributed by atoms with Gasteiger partial charge in [0.15, 0.2) is 0 Å². The third-order valence-corrected chi connectivity index (χ3v) is 2.92.